The average molecular weight is 268 g/mol. The molecule has 6 heteroatoms. The minimum Gasteiger partial charge on any atom is -0.489 e. The van der Waals surface area contributed by atoms with Gasteiger partial charge in [0.15, 0.2) is 0 Å². The van der Waals surface area contributed by atoms with Gasteiger partial charge in [-0.1, -0.05) is 0 Å². The monoisotopic (exact) mass is 268 g/mol. The van der Waals surface area contributed by atoms with Crippen molar-refractivity contribution >= 4 is 11.4 Å². The number of hydrogen-bond acceptors (Lipinski definition) is 2. The largest absolute Gasteiger partial charge is 0.489 e. The first-order chi connectivity index (χ1) is 9.73. The lowest BCUT2D eigenvalue weighted by atomic mass is 9.97. The Labute approximate surface area is 115 Å². The maximum absolute atomic E-state index is 8.85. The first-order valence-corrected chi connectivity index (χ1v) is 5.80. The molecule has 0 aromatic carbocycles. The fraction of sp³-hybridized carbons (Fsp3) is 0.143. The van der Waals surface area contributed by atoms with Crippen molar-refractivity contribution in [1.29, 1.82) is 0 Å². The van der Waals surface area contributed by atoms with Crippen molar-refractivity contribution in [2.75, 3.05) is 14.2 Å². The summed E-state index contributed by atoms with van der Waals surface area (Å²) in [6, 6.07) is 0. The van der Waals surface area contributed by atoms with Crippen LogP contribution in [0.4, 0.5) is 0 Å². The summed E-state index contributed by atoms with van der Waals surface area (Å²) in [5, 5.41) is 0. The lowest BCUT2D eigenvalue weighted by Crippen LogP contribution is -2.10. The highest BCUT2D eigenvalue weighted by molar-refractivity contribution is 6.06. The number of nitrogens with zero attached hydrogens (tertiary/aromatic N) is 4. The highest BCUT2D eigenvalue weighted by Gasteiger charge is 2.21. The van der Waals surface area contributed by atoms with Gasteiger partial charge in [0.25, 0.3) is 0 Å². The molecule has 0 unspecified atom stereocenters. The molecule has 0 heterocycles. The van der Waals surface area contributed by atoms with E-state index < -0.39 is 0 Å². The van der Waals surface area contributed by atoms with Gasteiger partial charge in [-0.25, -0.2) is 0 Å². The number of allylic oxidation sites excluding steroid dienone is 8. The summed E-state index contributed by atoms with van der Waals surface area (Å²) in [6.07, 6.45) is 10.4. The predicted octanol–water partition coefficient (Wildman–Crippen LogP) is 1.82. The Bertz CT molecular complexity index is 635. The fourth-order valence-electron chi connectivity index (χ4n) is 1.88. The van der Waals surface area contributed by atoms with Crippen molar-refractivity contribution in [2.45, 2.75) is 0 Å². The van der Waals surface area contributed by atoms with Gasteiger partial charge in [0.05, 0.1) is 14.2 Å². The van der Waals surface area contributed by atoms with Gasteiger partial charge in [0, 0.05) is 12.2 Å². The Kier molecular flexibility index (Phi) is 3.91. The molecule has 0 bridgehead atoms. The van der Waals surface area contributed by atoms with Crippen LogP contribution in [0.1, 0.15) is 0 Å². The van der Waals surface area contributed by atoms with Crippen molar-refractivity contribution < 1.29 is 19.1 Å². The van der Waals surface area contributed by atoms with E-state index in [0.29, 0.717) is 22.9 Å². The summed E-state index contributed by atoms with van der Waals surface area (Å²) in [5.74, 6) is 0.916. The molecule has 0 fully saturated rings. The maximum Gasteiger partial charge on any atom is 0.356 e. The predicted molar refractivity (Wildman–Crippen MR) is 72.7 cm³/mol. The van der Waals surface area contributed by atoms with E-state index in [9.17, 15) is 0 Å². The normalized spacial score (nSPS) is 20.9. The Morgan fingerprint density at radius 2 is 1.15 bits per heavy atom. The van der Waals surface area contributed by atoms with E-state index in [0.717, 1.165) is 11.1 Å². The van der Waals surface area contributed by atoms with Gasteiger partial charge in [-0.3, -0.25) is 0 Å². The molecule has 0 saturated carbocycles. The van der Waals surface area contributed by atoms with Gasteiger partial charge < -0.3 is 20.5 Å². The Balaban J connectivity index is 2.51. The molecule has 0 saturated heterocycles. The Morgan fingerprint density at radius 1 is 0.750 bits per heavy atom. The topological polar surface area (TPSA) is 91.3 Å². The standard InChI is InChI=1S/C14H12N4O2/c1-19-13-7-9(3-5-11(13)17-15)10-4-6-12(18-16)14(8-10)20-2/h3-8H,1-2H3/b10-9+. The second-order valence-electron chi connectivity index (χ2n) is 3.97. The minimum absolute atomic E-state index is 0.352. The average Bonchev–Trinajstić information content (AvgIpc) is 2.53. The second-order valence-corrected chi connectivity index (χ2v) is 3.97. The first kappa shape index (κ1) is 13.5. The van der Waals surface area contributed by atoms with Crippen LogP contribution >= 0.6 is 0 Å². The molecular formula is C14H12N4O2. The molecule has 0 aromatic heterocycles. The number of hydrogen-bond donors (Lipinski definition) is 0. The van der Waals surface area contributed by atoms with Crippen LogP contribution in [0.5, 0.6) is 0 Å². The molecule has 20 heavy (non-hydrogen) atoms. The van der Waals surface area contributed by atoms with Crippen LogP contribution in [0.3, 0.4) is 0 Å². The third-order valence-corrected chi connectivity index (χ3v) is 2.91. The number of methoxy groups -OCH3 is 2. The van der Waals surface area contributed by atoms with E-state index in [-0.39, 0.29) is 0 Å². The molecule has 0 spiro atoms. The molecular weight excluding hydrogens is 256 g/mol. The smallest absolute Gasteiger partial charge is 0.356 e. The summed E-state index contributed by atoms with van der Waals surface area (Å²) in [4.78, 5) is 6.28. The molecule has 6 nitrogen and oxygen atoms in total. The highest BCUT2D eigenvalue weighted by atomic mass is 16.5. The van der Waals surface area contributed by atoms with Crippen LogP contribution in [0, 0.1) is 0 Å². The third-order valence-electron chi connectivity index (χ3n) is 2.91. The van der Waals surface area contributed by atoms with E-state index in [1.807, 2.05) is 0 Å². The van der Waals surface area contributed by atoms with Crippen LogP contribution in [0.25, 0.3) is 11.1 Å². The van der Waals surface area contributed by atoms with Crippen LogP contribution in [-0.2, 0) is 9.47 Å². The van der Waals surface area contributed by atoms with Gasteiger partial charge >= 0.3 is 11.4 Å². The van der Waals surface area contributed by atoms with Crippen LogP contribution in [0.15, 0.2) is 59.1 Å². The molecule has 100 valence electrons. The number of rotatable bonds is 2. The van der Waals surface area contributed by atoms with Crippen LogP contribution in [0.2, 0.25) is 0 Å². The van der Waals surface area contributed by atoms with Crippen molar-refractivity contribution in [3.8, 4) is 0 Å². The molecule has 2 rings (SSSR count). The Morgan fingerprint density at radius 3 is 1.45 bits per heavy atom. The molecule has 2 aliphatic carbocycles. The zero-order valence-corrected chi connectivity index (χ0v) is 11.1. The summed E-state index contributed by atoms with van der Waals surface area (Å²) in [7, 11) is 3.00. The lowest BCUT2D eigenvalue weighted by Gasteiger charge is -2.10. The fourth-order valence-corrected chi connectivity index (χ4v) is 1.88. The van der Waals surface area contributed by atoms with E-state index in [1.54, 1.807) is 36.5 Å². The van der Waals surface area contributed by atoms with Crippen molar-refractivity contribution in [3.05, 3.63) is 70.2 Å². The maximum atomic E-state index is 8.85. The van der Waals surface area contributed by atoms with Gasteiger partial charge in [-0.05, 0) is 35.5 Å². The quantitative estimate of drug-likeness (QED) is 0.564. The van der Waals surface area contributed by atoms with E-state index in [2.05, 4.69) is 9.58 Å². The first-order valence-electron chi connectivity index (χ1n) is 5.80. The summed E-state index contributed by atoms with van der Waals surface area (Å²) >= 11 is 0. The molecule has 0 amide bonds. The lowest BCUT2D eigenvalue weighted by molar-refractivity contribution is -0.00720. The molecule has 0 aliphatic heterocycles. The Hall–Kier alpha value is -2.94. The molecule has 0 radical (unpaired) electrons. The minimum atomic E-state index is 0.352. The third kappa shape index (κ3) is 2.42. The van der Waals surface area contributed by atoms with Gasteiger partial charge in [0.1, 0.15) is 0 Å². The van der Waals surface area contributed by atoms with E-state index >= 15 is 0 Å². The SMILES string of the molecule is COC1=C/C(=C2\C=CC(=[N+]=[N-])C(OC)=C2)C=CC1=[N+]=[N-]. The van der Waals surface area contributed by atoms with Crippen LogP contribution < -0.4 is 0 Å². The summed E-state index contributed by atoms with van der Waals surface area (Å²) < 4.78 is 10.3. The molecule has 0 aromatic rings. The molecule has 0 N–H and O–H groups in total. The van der Waals surface area contributed by atoms with Gasteiger partial charge in [0.2, 0.25) is 11.5 Å². The van der Waals surface area contributed by atoms with Gasteiger partial charge in [-0.2, -0.15) is 9.58 Å². The highest BCUT2D eigenvalue weighted by Crippen LogP contribution is 2.22. The van der Waals surface area contributed by atoms with Crippen molar-refractivity contribution in [1.82, 2.24) is 0 Å². The molecule has 2 aliphatic rings. The number of ether oxygens (including phenoxy) is 2. The summed E-state index contributed by atoms with van der Waals surface area (Å²) in [6.45, 7) is 0. The van der Waals surface area contributed by atoms with Gasteiger partial charge in [-0.15, -0.1) is 0 Å². The van der Waals surface area contributed by atoms with Crippen molar-refractivity contribution in [2.24, 2.45) is 0 Å². The van der Waals surface area contributed by atoms with Crippen LogP contribution in [-0.4, -0.2) is 35.2 Å². The van der Waals surface area contributed by atoms with E-state index in [1.165, 1.54) is 14.2 Å². The zero-order chi connectivity index (χ0) is 14.5. The van der Waals surface area contributed by atoms with Crippen molar-refractivity contribution in [3.63, 3.8) is 0 Å². The van der Waals surface area contributed by atoms with E-state index in [4.69, 9.17) is 20.5 Å². The second kappa shape index (κ2) is 5.80. The zero-order valence-electron chi connectivity index (χ0n) is 11.1. The molecule has 0 atom stereocenters. The summed E-state index contributed by atoms with van der Waals surface area (Å²) in [5.41, 5.74) is 20.1.